The Labute approximate surface area is 160 Å². The van der Waals surface area contributed by atoms with Crippen LogP contribution in [0.1, 0.15) is 49.3 Å². The van der Waals surface area contributed by atoms with E-state index in [0.29, 0.717) is 17.8 Å². The zero-order chi connectivity index (χ0) is 19.9. The number of methoxy groups -OCH3 is 1. The van der Waals surface area contributed by atoms with Crippen LogP contribution in [0.3, 0.4) is 0 Å². The maximum absolute atomic E-state index is 14.0. The van der Waals surface area contributed by atoms with Gasteiger partial charge in [-0.2, -0.15) is 13.2 Å². The number of thiazole rings is 1. The molecule has 0 spiro atoms. The van der Waals surface area contributed by atoms with Crippen molar-refractivity contribution in [1.82, 2.24) is 4.98 Å². The van der Waals surface area contributed by atoms with Crippen LogP contribution in [0, 0.1) is 0 Å². The molecule has 2 rings (SSSR count). The van der Waals surface area contributed by atoms with Crippen molar-refractivity contribution in [3.8, 4) is 0 Å². The van der Waals surface area contributed by atoms with Crippen LogP contribution in [0.25, 0.3) is 0 Å². The van der Waals surface area contributed by atoms with Gasteiger partial charge in [-0.15, -0.1) is 11.3 Å². The molecule has 0 fully saturated rings. The molecule has 0 N–H and O–H groups in total. The van der Waals surface area contributed by atoms with Gasteiger partial charge in [-0.3, -0.25) is 0 Å². The molecule has 2 aromatic rings. The third kappa shape index (κ3) is 4.68. The first-order valence-corrected chi connectivity index (χ1v) is 9.52. The molecule has 2 atom stereocenters. The summed E-state index contributed by atoms with van der Waals surface area (Å²) in [5.41, 5.74) is -3.51. The van der Waals surface area contributed by atoms with Crippen molar-refractivity contribution >= 4 is 17.3 Å². The van der Waals surface area contributed by atoms with Crippen molar-refractivity contribution in [1.29, 1.82) is 0 Å². The van der Waals surface area contributed by atoms with E-state index in [1.165, 1.54) is 41.8 Å². The van der Waals surface area contributed by atoms with Crippen molar-refractivity contribution in [2.75, 3.05) is 7.11 Å². The molecule has 4 nitrogen and oxygen atoms in total. The summed E-state index contributed by atoms with van der Waals surface area (Å²) in [7, 11) is 0.858. The predicted molar refractivity (Wildman–Crippen MR) is 96.3 cm³/mol. The van der Waals surface area contributed by atoms with Gasteiger partial charge in [-0.25, -0.2) is 9.78 Å². The summed E-state index contributed by atoms with van der Waals surface area (Å²) in [4.78, 5) is 16.9. The number of ether oxygens (including phenoxy) is 2. The molecule has 148 valence electrons. The molecule has 0 saturated carbocycles. The lowest BCUT2D eigenvalue weighted by atomic mass is 9.92. The number of hydrogen-bond donors (Lipinski definition) is 0. The smallest absolute Gasteiger partial charge is 0.432 e. The molecule has 1 aromatic heterocycles. The monoisotopic (exact) mass is 401 g/mol. The second-order valence-electron chi connectivity index (χ2n) is 6.01. The Hall–Kier alpha value is -1.93. The maximum Gasteiger partial charge on any atom is 0.432 e. The minimum atomic E-state index is -4.99. The van der Waals surface area contributed by atoms with Gasteiger partial charge in [0.05, 0.1) is 0 Å². The number of aromatic nitrogens is 1. The largest absolute Gasteiger partial charge is 0.452 e. The maximum atomic E-state index is 14.0. The van der Waals surface area contributed by atoms with E-state index < -0.39 is 23.9 Å². The van der Waals surface area contributed by atoms with E-state index in [4.69, 9.17) is 9.47 Å². The van der Waals surface area contributed by atoms with Crippen LogP contribution >= 0.6 is 11.3 Å². The first-order chi connectivity index (χ1) is 12.9. The molecule has 0 bridgehead atoms. The van der Waals surface area contributed by atoms with E-state index in [1.54, 1.807) is 11.4 Å². The van der Waals surface area contributed by atoms with Gasteiger partial charge < -0.3 is 9.47 Å². The van der Waals surface area contributed by atoms with Crippen molar-refractivity contribution in [2.24, 2.45) is 0 Å². The van der Waals surface area contributed by atoms with Gasteiger partial charge in [-0.1, -0.05) is 50.1 Å². The lowest BCUT2D eigenvalue weighted by molar-refractivity contribution is -0.278. The molecule has 0 saturated heterocycles. The zero-order valence-corrected chi connectivity index (χ0v) is 16.0. The summed E-state index contributed by atoms with van der Waals surface area (Å²) >= 11 is 1.24. The predicted octanol–water partition coefficient (Wildman–Crippen LogP) is 5.41. The van der Waals surface area contributed by atoms with Gasteiger partial charge in [0.15, 0.2) is 6.10 Å². The highest BCUT2D eigenvalue weighted by atomic mass is 32.1. The number of esters is 1. The number of alkyl halides is 3. The molecular weight excluding hydrogens is 379 g/mol. The highest BCUT2D eigenvalue weighted by Crippen LogP contribution is 2.44. The summed E-state index contributed by atoms with van der Waals surface area (Å²) < 4.78 is 52.0. The Bertz CT molecular complexity index is 707. The minimum Gasteiger partial charge on any atom is -0.452 e. The fourth-order valence-electron chi connectivity index (χ4n) is 2.81. The molecule has 0 aliphatic carbocycles. The highest BCUT2D eigenvalue weighted by molar-refractivity contribution is 7.09. The van der Waals surface area contributed by atoms with Crippen LogP contribution in [0.5, 0.6) is 0 Å². The quantitative estimate of drug-likeness (QED) is 0.416. The van der Waals surface area contributed by atoms with Crippen molar-refractivity contribution in [3.05, 3.63) is 52.5 Å². The van der Waals surface area contributed by atoms with Crippen molar-refractivity contribution in [3.63, 3.8) is 0 Å². The van der Waals surface area contributed by atoms with Crippen LogP contribution < -0.4 is 0 Å². The SMILES string of the molecule is CCCCC[C@@H](OC(=O)[C@@](OC)(c1ccccc1)C(F)(F)F)c1nccs1. The molecule has 27 heavy (non-hydrogen) atoms. The van der Waals surface area contributed by atoms with Crippen molar-refractivity contribution in [2.45, 2.75) is 50.5 Å². The minimum absolute atomic E-state index is 0.323. The average Bonchev–Trinajstić information content (AvgIpc) is 3.16. The van der Waals surface area contributed by atoms with Crippen molar-refractivity contribution < 1.29 is 27.4 Å². The normalized spacial score (nSPS) is 15.1. The molecule has 0 unspecified atom stereocenters. The number of unbranched alkanes of at least 4 members (excludes halogenated alkanes) is 2. The number of rotatable bonds is 9. The Morgan fingerprint density at radius 2 is 1.93 bits per heavy atom. The molecule has 1 heterocycles. The number of halogens is 3. The van der Waals surface area contributed by atoms with Crippen LogP contribution in [0.15, 0.2) is 41.9 Å². The van der Waals surface area contributed by atoms with Crippen LogP contribution in [-0.4, -0.2) is 24.2 Å². The molecule has 0 amide bonds. The van der Waals surface area contributed by atoms with E-state index in [1.807, 2.05) is 6.92 Å². The standard InChI is InChI=1S/C19H22F3NO3S/c1-3-4-6-11-15(16-23-12-13-27-16)26-17(24)18(25-2,19(20,21)22)14-9-7-5-8-10-14/h5,7-10,12-13,15H,3-4,6,11H2,1-2H3/t15-,18+/m1/s1. The molecule has 0 radical (unpaired) electrons. The Kier molecular flexibility index (Phi) is 7.38. The van der Waals surface area contributed by atoms with Crippen LogP contribution in [0.4, 0.5) is 13.2 Å². The summed E-state index contributed by atoms with van der Waals surface area (Å²) in [5.74, 6) is -1.49. The van der Waals surface area contributed by atoms with Gasteiger partial charge in [0.1, 0.15) is 5.01 Å². The third-order valence-corrected chi connectivity index (χ3v) is 5.09. The van der Waals surface area contributed by atoms with Gasteiger partial charge in [-0.05, 0) is 12.8 Å². The fourth-order valence-corrected chi connectivity index (χ4v) is 3.51. The summed E-state index contributed by atoms with van der Waals surface area (Å²) in [5, 5.41) is 2.17. The third-order valence-electron chi connectivity index (χ3n) is 4.22. The molecule has 8 heteroatoms. The number of hydrogen-bond acceptors (Lipinski definition) is 5. The van der Waals surface area contributed by atoms with Gasteiger partial charge in [0, 0.05) is 24.3 Å². The average molecular weight is 401 g/mol. The number of carbonyl (C=O) groups excluding carboxylic acids is 1. The lowest BCUT2D eigenvalue weighted by Crippen LogP contribution is -2.52. The van der Waals surface area contributed by atoms with E-state index in [2.05, 4.69) is 4.98 Å². The second-order valence-corrected chi connectivity index (χ2v) is 6.94. The van der Waals surface area contributed by atoms with E-state index in [0.717, 1.165) is 20.0 Å². The molecule has 0 aliphatic heterocycles. The van der Waals surface area contributed by atoms with E-state index in [-0.39, 0.29) is 5.56 Å². The Morgan fingerprint density at radius 1 is 1.22 bits per heavy atom. The Morgan fingerprint density at radius 3 is 2.44 bits per heavy atom. The molecular formula is C19H22F3NO3S. The number of carbonyl (C=O) groups is 1. The van der Waals surface area contributed by atoms with Gasteiger partial charge >= 0.3 is 12.1 Å². The summed E-state index contributed by atoms with van der Waals surface area (Å²) in [6.45, 7) is 2.01. The molecule has 0 aliphatic rings. The van der Waals surface area contributed by atoms with Crippen LogP contribution in [-0.2, 0) is 19.9 Å². The van der Waals surface area contributed by atoms with E-state index >= 15 is 0 Å². The fraction of sp³-hybridized carbons (Fsp3) is 0.474. The van der Waals surface area contributed by atoms with Gasteiger partial charge in [0.25, 0.3) is 5.60 Å². The van der Waals surface area contributed by atoms with Gasteiger partial charge in [0.2, 0.25) is 0 Å². The highest BCUT2D eigenvalue weighted by Gasteiger charge is 2.64. The topological polar surface area (TPSA) is 48.4 Å². The lowest BCUT2D eigenvalue weighted by Gasteiger charge is -2.33. The zero-order valence-electron chi connectivity index (χ0n) is 15.2. The first-order valence-electron chi connectivity index (χ1n) is 8.64. The second kappa shape index (κ2) is 9.32. The number of benzene rings is 1. The Balaban J connectivity index is 2.36. The summed E-state index contributed by atoms with van der Waals surface area (Å²) in [6.07, 6.45) is -1.36. The van der Waals surface area contributed by atoms with E-state index in [9.17, 15) is 18.0 Å². The summed E-state index contributed by atoms with van der Waals surface area (Å²) in [6, 6.07) is 6.81. The first kappa shape index (κ1) is 21.4. The molecule has 1 aromatic carbocycles. The van der Waals surface area contributed by atoms with Crippen LogP contribution in [0.2, 0.25) is 0 Å². The number of nitrogens with zero attached hydrogens (tertiary/aromatic N) is 1.